The zero-order chi connectivity index (χ0) is 9.97. The average Bonchev–Trinajstić information content (AvgIpc) is 2.64. The summed E-state index contributed by atoms with van der Waals surface area (Å²) in [5, 5.41) is 16.3. The Hall–Kier alpha value is -1.48. The van der Waals surface area contributed by atoms with Gasteiger partial charge in [0.25, 0.3) is 0 Å². The Labute approximate surface area is 86.3 Å². The highest BCUT2D eigenvalue weighted by Crippen LogP contribution is 2.24. The van der Waals surface area contributed by atoms with Crippen LogP contribution < -0.4 is 0 Å². The fraction of sp³-hybridized carbons (Fsp3) is 0.100. The first-order chi connectivity index (χ1) is 6.75. The molecule has 0 saturated heterocycles. The third-order valence-corrected chi connectivity index (χ3v) is 2.27. The number of nitrogens with one attached hydrogen (secondary N) is 1. The van der Waals surface area contributed by atoms with Gasteiger partial charge in [0, 0.05) is 18.3 Å². The number of phenolic OH excluding ortho intramolecular Hbond substituents is 1. The number of phenols is 1. The van der Waals surface area contributed by atoms with E-state index < -0.39 is 0 Å². The smallest absolute Gasteiger partial charge is 0.134 e. The van der Waals surface area contributed by atoms with Crippen molar-refractivity contribution >= 4 is 11.6 Å². The van der Waals surface area contributed by atoms with E-state index in [0.29, 0.717) is 5.02 Å². The second-order valence-electron chi connectivity index (χ2n) is 3.04. The Bertz CT molecular complexity index is 426. The second kappa shape index (κ2) is 3.72. The molecule has 14 heavy (non-hydrogen) atoms. The van der Waals surface area contributed by atoms with E-state index in [1.165, 1.54) is 0 Å². The lowest BCUT2D eigenvalue weighted by molar-refractivity contribution is 0.475. The Morgan fingerprint density at radius 2 is 2.21 bits per heavy atom. The van der Waals surface area contributed by atoms with Crippen molar-refractivity contribution in [1.82, 2.24) is 10.2 Å². The number of hydrogen-bond donors (Lipinski definition) is 2. The summed E-state index contributed by atoms with van der Waals surface area (Å²) in [6, 6.07) is 7.08. The van der Waals surface area contributed by atoms with Gasteiger partial charge in [0.1, 0.15) is 5.75 Å². The van der Waals surface area contributed by atoms with Gasteiger partial charge in [-0.1, -0.05) is 17.7 Å². The first-order valence-corrected chi connectivity index (χ1v) is 4.59. The summed E-state index contributed by atoms with van der Waals surface area (Å²) in [5.74, 6) is 0.111. The minimum atomic E-state index is 0.111. The van der Waals surface area contributed by atoms with Gasteiger partial charge < -0.3 is 5.11 Å². The molecule has 0 radical (unpaired) electrons. The maximum atomic E-state index is 9.22. The molecule has 0 aliphatic rings. The molecule has 2 N–H and O–H groups in total. The van der Waals surface area contributed by atoms with Gasteiger partial charge in [0.15, 0.2) is 0 Å². The molecule has 0 aliphatic heterocycles. The number of aromatic hydroxyl groups is 1. The predicted molar refractivity (Wildman–Crippen MR) is 54.5 cm³/mol. The van der Waals surface area contributed by atoms with Crippen LogP contribution in [0.25, 0.3) is 0 Å². The molecule has 3 nitrogen and oxygen atoms in total. The van der Waals surface area contributed by atoms with Crippen molar-refractivity contribution in [3.05, 3.63) is 46.7 Å². The minimum absolute atomic E-state index is 0.111. The number of aromatic amines is 1. The molecule has 0 aliphatic carbocycles. The van der Waals surface area contributed by atoms with Crippen molar-refractivity contribution in [3.63, 3.8) is 0 Å². The molecule has 0 atom stereocenters. The van der Waals surface area contributed by atoms with Crippen LogP contribution in [0.2, 0.25) is 5.02 Å². The molecule has 4 heteroatoms. The topological polar surface area (TPSA) is 48.9 Å². The number of rotatable bonds is 2. The fourth-order valence-corrected chi connectivity index (χ4v) is 1.47. The second-order valence-corrected chi connectivity index (χ2v) is 3.45. The van der Waals surface area contributed by atoms with Crippen molar-refractivity contribution in [3.8, 4) is 5.75 Å². The summed E-state index contributed by atoms with van der Waals surface area (Å²) in [6.07, 6.45) is 2.44. The van der Waals surface area contributed by atoms with Crippen LogP contribution in [-0.2, 0) is 6.42 Å². The molecule has 72 valence electrons. The summed E-state index contributed by atoms with van der Waals surface area (Å²) in [7, 11) is 0. The van der Waals surface area contributed by atoms with E-state index in [4.69, 9.17) is 11.6 Å². The van der Waals surface area contributed by atoms with Crippen molar-refractivity contribution in [2.24, 2.45) is 0 Å². The number of H-pyrrole nitrogens is 1. The van der Waals surface area contributed by atoms with Gasteiger partial charge in [0.05, 0.1) is 5.02 Å². The van der Waals surface area contributed by atoms with E-state index in [-0.39, 0.29) is 5.75 Å². The van der Waals surface area contributed by atoms with Gasteiger partial charge >= 0.3 is 0 Å². The van der Waals surface area contributed by atoms with Crippen LogP contribution >= 0.6 is 11.6 Å². The number of halogens is 1. The number of hydrogen-bond acceptors (Lipinski definition) is 2. The molecule has 0 spiro atoms. The van der Waals surface area contributed by atoms with E-state index in [0.717, 1.165) is 17.7 Å². The van der Waals surface area contributed by atoms with Crippen LogP contribution in [0.15, 0.2) is 30.5 Å². The Kier molecular flexibility index (Phi) is 2.41. The fourth-order valence-electron chi connectivity index (χ4n) is 1.26. The Morgan fingerprint density at radius 3 is 2.86 bits per heavy atom. The van der Waals surface area contributed by atoms with Gasteiger partial charge in [-0.15, -0.1) is 0 Å². The van der Waals surface area contributed by atoms with E-state index in [1.807, 2.05) is 12.1 Å². The molecular formula is C10H9ClN2O. The molecule has 0 amide bonds. The number of nitrogens with zero attached hydrogens (tertiary/aromatic N) is 1. The molecule has 2 rings (SSSR count). The summed E-state index contributed by atoms with van der Waals surface area (Å²) < 4.78 is 0. The highest BCUT2D eigenvalue weighted by Gasteiger charge is 2.01. The zero-order valence-corrected chi connectivity index (χ0v) is 8.12. The van der Waals surface area contributed by atoms with E-state index in [9.17, 15) is 5.11 Å². The van der Waals surface area contributed by atoms with E-state index in [1.54, 1.807) is 18.3 Å². The van der Waals surface area contributed by atoms with E-state index >= 15 is 0 Å². The zero-order valence-electron chi connectivity index (χ0n) is 7.37. The lowest BCUT2D eigenvalue weighted by Crippen LogP contribution is -1.88. The molecule has 1 aromatic heterocycles. The number of benzene rings is 1. The highest BCUT2D eigenvalue weighted by atomic mass is 35.5. The number of aromatic nitrogens is 2. The first-order valence-electron chi connectivity index (χ1n) is 4.21. The maximum absolute atomic E-state index is 9.22. The van der Waals surface area contributed by atoms with Crippen molar-refractivity contribution in [2.45, 2.75) is 6.42 Å². The third kappa shape index (κ3) is 1.88. The lowest BCUT2D eigenvalue weighted by atomic mass is 10.1. The van der Waals surface area contributed by atoms with Crippen LogP contribution in [0, 0.1) is 0 Å². The van der Waals surface area contributed by atoms with Gasteiger partial charge in [-0.25, -0.2) is 0 Å². The highest BCUT2D eigenvalue weighted by molar-refractivity contribution is 6.32. The molecule has 1 aromatic carbocycles. The average molecular weight is 209 g/mol. The van der Waals surface area contributed by atoms with Crippen LogP contribution in [0.5, 0.6) is 5.75 Å². The van der Waals surface area contributed by atoms with Gasteiger partial charge in [-0.3, -0.25) is 5.10 Å². The molecule has 0 saturated carbocycles. The van der Waals surface area contributed by atoms with Crippen molar-refractivity contribution in [1.29, 1.82) is 0 Å². The quantitative estimate of drug-likeness (QED) is 0.796. The molecule has 0 unspecified atom stereocenters. The summed E-state index contributed by atoms with van der Waals surface area (Å²) in [5.41, 5.74) is 2.06. The molecule has 0 fully saturated rings. The lowest BCUT2D eigenvalue weighted by Gasteiger charge is -2.01. The predicted octanol–water partition coefficient (Wildman–Crippen LogP) is 2.36. The monoisotopic (exact) mass is 208 g/mol. The standard InChI is InChI=1S/C10H9ClN2O/c11-9-6-7(1-2-10(9)14)5-8-3-4-12-13-8/h1-4,6,14H,5H2,(H,12,13). The van der Waals surface area contributed by atoms with Crippen LogP contribution in [-0.4, -0.2) is 15.3 Å². The van der Waals surface area contributed by atoms with Gasteiger partial charge in [-0.05, 0) is 23.8 Å². The molecule has 0 bridgehead atoms. The van der Waals surface area contributed by atoms with Crippen LogP contribution in [0.3, 0.4) is 0 Å². The van der Waals surface area contributed by atoms with Gasteiger partial charge in [0.2, 0.25) is 0 Å². The summed E-state index contributed by atoms with van der Waals surface area (Å²) >= 11 is 5.78. The van der Waals surface area contributed by atoms with Crippen molar-refractivity contribution in [2.75, 3.05) is 0 Å². The minimum Gasteiger partial charge on any atom is -0.506 e. The maximum Gasteiger partial charge on any atom is 0.134 e. The molecule has 2 aromatic rings. The Balaban J connectivity index is 2.22. The Morgan fingerprint density at radius 1 is 1.36 bits per heavy atom. The van der Waals surface area contributed by atoms with E-state index in [2.05, 4.69) is 10.2 Å². The van der Waals surface area contributed by atoms with Crippen LogP contribution in [0.4, 0.5) is 0 Å². The molecule has 1 heterocycles. The summed E-state index contributed by atoms with van der Waals surface area (Å²) in [4.78, 5) is 0. The van der Waals surface area contributed by atoms with Crippen LogP contribution in [0.1, 0.15) is 11.3 Å². The first kappa shape index (κ1) is 9.09. The summed E-state index contributed by atoms with van der Waals surface area (Å²) in [6.45, 7) is 0. The van der Waals surface area contributed by atoms with Gasteiger partial charge in [-0.2, -0.15) is 5.10 Å². The third-order valence-electron chi connectivity index (χ3n) is 1.97. The molecular weight excluding hydrogens is 200 g/mol. The normalized spacial score (nSPS) is 10.4. The largest absolute Gasteiger partial charge is 0.506 e. The SMILES string of the molecule is Oc1ccc(Cc2ccn[nH]2)cc1Cl. The van der Waals surface area contributed by atoms with Crippen molar-refractivity contribution < 1.29 is 5.11 Å².